The molecule has 0 aliphatic rings. The van der Waals surface area contributed by atoms with Gasteiger partial charge in [0.15, 0.2) is 0 Å². The molecule has 0 fully saturated rings. The van der Waals surface area contributed by atoms with Crippen LogP contribution in [0.5, 0.6) is 0 Å². The van der Waals surface area contributed by atoms with Gasteiger partial charge in [-0.3, -0.25) is 9.52 Å². The molecule has 132 valence electrons. The van der Waals surface area contributed by atoms with E-state index in [1.165, 1.54) is 12.1 Å². The standard InChI is InChI=1S/C20H18N2O3S/c1-15-11-13-17(14-12-15)26(24,25)22-19-10-6-5-9-18(19)20(23)21-16-7-3-2-4-8-16/h2-14,22H,1H3,(H,21,23). The number of carbonyl (C=O) groups is 1. The zero-order valence-corrected chi connectivity index (χ0v) is 15.0. The van der Waals surface area contributed by atoms with E-state index in [-0.39, 0.29) is 16.1 Å². The molecule has 0 bridgehead atoms. The smallest absolute Gasteiger partial charge is 0.261 e. The number of hydrogen-bond acceptors (Lipinski definition) is 3. The van der Waals surface area contributed by atoms with Crippen LogP contribution in [0.25, 0.3) is 0 Å². The monoisotopic (exact) mass is 366 g/mol. The van der Waals surface area contributed by atoms with Crippen LogP contribution >= 0.6 is 0 Å². The average Bonchev–Trinajstić information content (AvgIpc) is 2.63. The van der Waals surface area contributed by atoms with E-state index in [0.717, 1.165) is 5.56 Å². The number of rotatable bonds is 5. The zero-order valence-electron chi connectivity index (χ0n) is 14.1. The van der Waals surface area contributed by atoms with Crippen molar-refractivity contribution in [3.63, 3.8) is 0 Å². The van der Waals surface area contributed by atoms with Crippen LogP contribution in [0.4, 0.5) is 11.4 Å². The number of amides is 1. The summed E-state index contributed by atoms with van der Waals surface area (Å²) >= 11 is 0. The molecular weight excluding hydrogens is 348 g/mol. The first-order chi connectivity index (χ1) is 12.5. The quantitative estimate of drug-likeness (QED) is 0.715. The van der Waals surface area contributed by atoms with Gasteiger partial charge in [0.25, 0.3) is 15.9 Å². The average molecular weight is 366 g/mol. The lowest BCUT2D eigenvalue weighted by Crippen LogP contribution is -2.18. The fourth-order valence-electron chi connectivity index (χ4n) is 2.41. The summed E-state index contributed by atoms with van der Waals surface area (Å²) in [6, 6.07) is 22.0. The SMILES string of the molecule is Cc1ccc(S(=O)(=O)Nc2ccccc2C(=O)Nc2ccccc2)cc1. The normalized spacial score (nSPS) is 11.0. The molecule has 0 aliphatic carbocycles. The minimum atomic E-state index is -3.79. The summed E-state index contributed by atoms with van der Waals surface area (Å²) in [6.07, 6.45) is 0. The summed E-state index contributed by atoms with van der Waals surface area (Å²) in [5, 5.41) is 2.76. The predicted molar refractivity (Wildman–Crippen MR) is 103 cm³/mol. The summed E-state index contributed by atoms with van der Waals surface area (Å²) in [6.45, 7) is 1.88. The molecule has 0 radical (unpaired) electrons. The second-order valence-electron chi connectivity index (χ2n) is 5.78. The Kier molecular flexibility index (Phi) is 5.04. The Morgan fingerprint density at radius 1 is 0.808 bits per heavy atom. The van der Waals surface area contributed by atoms with E-state index in [1.54, 1.807) is 48.5 Å². The van der Waals surface area contributed by atoms with Gasteiger partial charge in [0, 0.05) is 5.69 Å². The van der Waals surface area contributed by atoms with Crippen LogP contribution < -0.4 is 10.0 Å². The topological polar surface area (TPSA) is 75.3 Å². The molecule has 5 nitrogen and oxygen atoms in total. The number of para-hydroxylation sites is 2. The molecule has 26 heavy (non-hydrogen) atoms. The lowest BCUT2D eigenvalue weighted by molar-refractivity contribution is 0.102. The molecule has 6 heteroatoms. The highest BCUT2D eigenvalue weighted by Crippen LogP contribution is 2.21. The minimum Gasteiger partial charge on any atom is -0.322 e. The van der Waals surface area contributed by atoms with Crippen molar-refractivity contribution in [2.45, 2.75) is 11.8 Å². The Bertz CT molecular complexity index is 1010. The predicted octanol–water partition coefficient (Wildman–Crippen LogP) is 4.05. The van der Waals surface area contributed by atoms with Gasteiger partial charge < -0.3 is 5.32 Å². The first kappa shape index (κ1) is 17.7. The van der Waals surface area contributed by atoms with Crippen LogP contribution in [-0.2, 0) is 10.0 Å². The summed E-state index contributed by atoms with van der Waals surface area (Å²) < 4.78 is 27.7. The lowest BCUT2D eigenvalue weighted by atomic mass is 10.1. The minimum absolute atomic E-state index is 0.140. The Labute approximate surface area is 152 Å². The highest BCUT2D eigenvalue weighted by atomic mass is 32.2. The molecule has 0 saturated carbocycles. The van der Waals surface area contributed by atoms with E-state index in [9.17, 15) is 13.2 Å². The van der Waals surface area contributed by atoms with Crippen LogP contribution in [0.15, 0.2) is 83.8 Å². The molecule has 0 aliphatic heterocycles. The summed E-state index contributed by atoms with van der Waals surface area (Å²) in [5.74, 6) is -0.390. The fraction of sp³-hybridized carbons (Fsp3) is 0.0500. The highest BCUT2D eigenvalue weighted by molar-refractivity contribution is 7.92. The van der Waals surface area contributed by atoms with E-state index >= 15 is 0 Å². The van der Waals surface area contributed by atoms with Crippen molar-refractivity contribution >= 4 is 27.3 Å². The summed E-state index contributed by atoms with van der Waals surface area (Å²) in [5.41, 5.74) is 2.06. The molecule has 3 aromatic rings. The van der Waals surface area contributed by atoms with Gasteiger partial charge in [0.1, 0.15) is 0 Å². The maximum absolute atomic E-state index is 12.6. The number of hydrogen-bond donors (Lipinski definition) is 2. The molecule has 0 saturated heterocycles. The first-order valence-electron chi connectivity index (χ1n) is 8.01. The van der Waals surface area contributed by atoms with E-state index in [1.807, 2.05) is 25.1 Å². The number of sulfonamides is 1. The van der Waals surface area contributed by atoms with Gasteiger partial charge in [0.2, 0.25) is 0 Å². The summed E-state index contributed by atoms with van der Waals surface area (Å²) in [7, 11) is -3.79. The van der Waals surface area contributed by atoms with Crippen molar-refractivity contribution in [1.29, 1.82) is 0 Å². The molecule has 0 heterocycles. The van der Waals surface area contributed by atoms with Crippen LogP contribution in [0.1, 0.15) is 15.9 Å². The van der Waals surface area contributed by atoms with Crippen molar-refractivity contribution in [1.82, 2.24) is 0 Å². The van der Waals surface area contributed by atoms with Crippen molar-refractivity contribution in [3.8, 4) is 0 Å². The van der Waals surface area contributed by atoms with Crippen molar-refractivity contribution in [2.75, 3.05) is 10.0 Å². The fourth-order valence-corrected chi connectivity index (χ4v) is 3.49. The van der Waals surface area contributed by atoms with Crippen molar-refractivity contribution < 1.29 is 13.2 Å². The lowest BCUT2D eigenvalue weighted by Gasteiger charge is -2.13. The third-order valence-electron chi connectivity index (χ3n) is 3.78. The van der Waals surface area contributed by atoms with Crippen LogP contribution in [0.3, 0.4) is 0 Å². The van der Waals surface area contributed by atoms with Gasteiger partial charge in [-0.15, -0.1) is 0 Å². The number of nitrogens with one attached hydrogen (secondary N) is 2. The first-order valence-corrected chi connectivity index (χ1v) is 9.49. The van der Waals surface area contributed by atoms with Crippen LogP contribution in [0.2, 0.25) is 0 Å². The maximum atomic E-state index is 12.6. The number of anilines is 2. The Balaban J connectivity index is 1.87. The zero-order chi connectivity index (χ0) is 18.6. The van der Waals surface area contributed by atoms with Gasteiger partial charge >= 0.3 is 0 Å². The van der Waals surface area contributed by atoms with Crippen LogP contribution in [0, 0.1) is 6.92 Å². The van der Waals surface area contributed by atoms with Crippen molar-refractivity contribution in [2.24, 2.45) is 0 Å². The van der Waals surface area contributed by atoms with Crippen LogP contribution in [-0.4, -0.2) is 14.3 Å². The Morgan fingerprint density at radius 3 is 2.12 bits per heavy atom. The summed E-state index contributed by atoms with van der Waals surface area (Å²) in [4.78, 5) is 12.7. The molecule has 0 unspecified atom stereocenters. The Hall–Kier alpha value is -3.12. The molecule has 3 aromatic carbocycles. The third kappa shape index (κ3) is 4.10. The molecule has 0 aromatic heterocycles. The van der Waals surface area contributed by atoms with E-state index in [2.05, 4.69) is 10.0 Å². The number of benzene rings is 3. The molecule has 0 spiro atoms. The third-order valence-corrected chi connectivity index (χ3v) is 5.16. The molecular formula is C20H18N2O3S. The molecule has 1 amide bonds. The largest absolute Gasteiger partial charge is 0.322 e. The second kappa shape index (κ2) is 7.41. The molecule has 2 N–H and O–H groups in total. The molecule has 0 atom stereocenters. The van der Waals surface area contributed by atoms with E-state index in [4.69, 9.17) is 0 Å². The van der Waals surface area contributed by atoms with Gasteiger partial charge in [-0.1, -0.05) is 48.0 Å². The number of aryl methyl sites for hydroxylation is 1. The van der Waals surface area contributed by atoms with Gasteiger partial charge in [0.05, 0.1) is 16.1 Å². The highest BCUT2D eigenvalue weighted by Gasteiger charge is 2.18. The van der Waals surface area contributed by atoms with Crippen molar-refractivity contribution in [3.05, 3.63) is 90.0 Å². The van der Waals surface area contributed by atoms with Gasteiger partial charge in [-0.05, 0) is 43.3 Å². The second-order valence-corrected chi connectivity index (χ2v) is 7.47. The Morgan fingerprint density at radius 2 is 1.42 bits per heavy atom. The molecule has 3 rings (SSSR count). The van der Waals surface area contributed by atoms with Gasteiger partial charge in [-0.2, -0.15) is 0 Å². The number of carbonyl (C=O) groups excluding carboxylic acids is 1. The van der Waals surface area contributed by atoms with E-state index < -0.39 is 15.9 Å². The van der Waals surface area contributed by atoms with E-state index in [0.29, 0.717) is 5.69 Å². The maximum Gasteiger partial charge on any atom is 0.261 e. The van der Waals surface area contributed by atoms with Gasteiger partial charge in [-0.25, -0.2) is 8.42 Å².